The van der Waals surface area contributed by atoms with Gasteiger partial charge in [-0.25, -0.2) is 4.98 Å². The zero-order chi connectivity index (χ0) is 18.9. The lowest BCUT2D eigenvalue weighted by atomic mass is 10.0. The number of carbonyl (C=O) groups excluding carboxylic acids is 1. The van der Waals surface area contributed by atoms with E-state index in [2.05, 4.69) is 21.4 Å². The second kappa shape index (κ2) is 6.78. The highest BCUT2D eigenvalue weighted by Gasteiger charge is 2.14. The Labute approximate surface area is 161 Å². The number of benzene rings is 2. The number of amides is 1. The maximum Gasteiger partial charge on any atom is 0.253 e. The summed E-state index contributed by atoms with van der Waals surface area (Å²) in [4.78, 5) is 21.9. The minimum absolute atomic E-state index is 0.113. The second-order valence-electron chi connectivity index (χ2n) is 6.75. The van der Waals surface area contributed by atoms with Crippen LogP contribution in [0, 0.1) is 0 Å². The maximum atomic E-state index is 12.9. The van der Waals surface area contributed by atoms with E-state index in [4.69, 9.17) is 0 Å². The normalized spacial score (nSPS) is 11.3. The number of nitrogens with zero attached hydrogens (tertiary/aromatic N) is 3. The molecule has 0 saturated carbocycles. The molecule has 0 atom stereocenters. The zero-order valence-corrected chi connectivity index (χ0v) is 15.2. The molecule has 0 fully saturated rings. The summed E-state index contributed by atoms with van der Waals surface area (Å²) >= 11 is 0. The number of imidazole rings is 1. The number of nitrogens with one attached hydrogen (secondary N) is 1. The number of hydrogen-bond donors (Lipinski definition) is 1. The number of fused-ring (bicyclic) bond motifs is 4. The van der Waals surface area contributed by atoms with Crippen molar-refractivity contribution in [1.82, 2.24) is 19.7 Å². The first-order chi connectivity index (χ1) is 13.8. The van der Waals surface area contributed by atoms with Crippen molar-refractivity contribution in [3.05, 3.63) is 90.5 Å². The SMILES string of the molecule is O=C(NCCc1cn2ccccc2n1)c1cc2ccccc2c2cccnc12. The van der Waals surface area contributed by atoms with Gasteiger partial charge < -0.3 is 9.72 Å². The molecule has 3 aromatic heterocycles. The van der Waals surface area contributed by atoms with Crippen LogP contribution in [0.25, 0.3) is 27.3 Å². The summed E-state index contributed by atoms with van der Waals surface area (Å²) in [6, 6.07) is 19.8. The van der Waals surface area contributed by atoms with Crippen LogP contribution < -0.4 is 5.32 Å². The molecule has 0 aliphatic heterocycles. The van der Waals surface area contributed by atoms with E-state index in [-0.39, 0.29) is 5.91 Å². The van der Waals surface area contributed by atoms with Crippen LogP contribution in [0.5, 0.6) is 0 Å². The molecule has 5 heteroatoms. The molecule has 0 saturated heterocycles. The summed E-state index contributed by atoms with van der Waals surface area (Å²) in [5.74, 6) is -0.113. The predicted molar refractivity (Wildman–Crippen MR) is 110 cm³/mol. The summed E-state index contributed by atoms with van der Waals surface area (Å²) in [6.45, 7) is 0.518. The van der Waals surface area contributed by atoms with Gasteiger partial charge in [0.25, 0.3) is 5.91 Å². The molecule has 0 radical (unpaired) electrons. The van der Waals surface area contributed by atoms with Crippen LogP contribution in [0.2, 0.25) is 0 Å². The number of rotatable bonds is 4. The Bertz CT molecular complexity index is 1290. The maximum absolute atomic E-state index is 12.9. The summed E-state index contributed by atoms with van der Waals surface area (Å²) in [5.41, 5.74) is 3.19. The van der Waals surface area contributed by atoms with E-state index in [9.17, 15) is 4.79 Å². The van der Waals surface area contributed by atoms with Crippen molar-refractivity contribution in [3.8, 4) is 0 Å². The topological polar surface area (TPSA) is 59.3 Å². The Kier molecular flexibility index (Phi) is 3.98. The monoisotopic (exact) mass is 366 g/mol. The van der Waals surface area contributed by atoms with Crippen molar-refractivity contribution in [2.24, 2.45) is 0 Å². The number of aromatic nitrogens is 3. The van der Waals surface area contributed by atoms with Gasteiger partial charge in [-0.1, -0.05) is 36.4 Å². The van der Waals surface area contributed by atoms with Crippen LogP contribution >= 0.6 is 0 Å². The van der Waals surface area contributed by atoms with Crippen molar-refractivity contribution in [2.75, 3.05) is 6.54 Å². The van der Waals surface area contributed by atoms with Crippen molar-refractivity contribution in [2.45, 2.75) is 6.42 Å². The molecule has 5 aromatic rings. The molecule has 0 bridgehead atoms. The molecule has 0 unspecified atom stereocenters. The van der Waals surface area contributed by atoms with E-state index in [1.165, 1.54) is 0 Å². The lowest BCUT2D eigenvalue weighted by Crippen LogP contribution is -2.26. The third-order valence-corrected chi connectivity index (χ3v) is 4.94. The Morgan fingerprint density at radius 1 is 1.00 bits per heavy atom. The van der Waals surface area contributed by atoms with Crippen LogP contribution in [-0.4, -0.2) is 26.8 Å². The van der Waals surface area contributed by atoms with E-state index in [1.807, 2.05) is 71.4 Å². The molecule has 28 heavy (non-hydrogen) atoms. The Morgan fingerprint density at radius 2 is 1.86 bits per heavy atom. The van der Waals surface area contributed by atoms with Gasteiger partial charge in [-0.05, 0) is 35.0 Å². The van der Waals surface area contributed by atoms with Gasteiger partial charge in [0.05, 0.1) is 16.8 Å². The van der Waals surface area contributed by atoms with Crippen LogP contribution in [0.15, 0.2) is 79.3 Å². The molecule has 0 aliphatic carbocycles. The molecule has 1 N–H and O–H groups in total. The quantitative estimate of drug-likeness (QED) is 0.489. The average Bonchev–Trinajstić information content (AvgIpc) is 3.16. The van der Waals surface area contributed by atoms with Crippen LogP contribution in [0.1, 0.15) is 16.1 Å². The van der Waals surface area contributed by atoms with E-state index < -0.39 is 0 Å². The van der Waals surface area contributed by atoms with Crippen LogP contribution in [-0.2, 0) is 6.42 Å². The summed E-state index contributed by atoms with van der Waals surface area (Å²) in [5, 5.41) is 6.15. The molecule has 1 amide bonds. The van der Waals surface area contributed by atoms with Gasteiger partial charge >= 0.3 is 0 Å². The third kappa shape index (κ3) is 2.87. The highest BCUT2D eigenvalue weighted by molar-refractivity contribution is 6.15. The molecule has 2 aromatic carbocycles. The summed E-state index contributed by atoms with van der Waals surface area (Å²) < 4.78 is 1.98. The lowest BCUT2D eigenvalue weighted by molar-refractivity contribution is 0.0955. The van der Waals surface area contributed by atoms with Gasteiger partial charge in [0.1, 0.15) is 5.65 Å². The van der Waals surface area contributed by atoms with E-state index in [0.29, 0.717) is 18.5 Å². The molecule has 5 rings (SSSR count). The highest BCUT2D eigenvalue weighted by atomic mass is 16.1. The van der Waals surface area contributed by atoms with Gasteiger partial charge in [-0.3, -0.25) is 9.78 Å². The minimum atomic E-state index is -0.113. The molecular formula is C23H18N4O. The smallest absolute Gasteiger partial charge is 0.253 e. The summed E-state index contributed by atoms with van der Waals surface area (Å²) in [7, 11) is 0. The van der Waals surface area contributed by atoms with Gasteiger partial charge in [0.15, 0.2) is 0 Å². The third-order valence-electron chi connectivity index (χ3n) is 4.94. The van der Waals surface area contributed by atoms with Gasteiger partial charge in [-0.2, -0.15) is 0 Å². The molecular weight excluding hydrogens is 348 g/mol. The van der Waals surface area contributed by atoms with E-state index >= 15 is 0 Å². The lowest BCUT2D eigenvalue weighted by Gasteiger charge is -2.10. The van der Waals surface area contributed by atoms with Crippen molar-refractivity contribution in [3.63, 3.8) is 0 Å². The average molecular weight is 366 g/mol. The van der Waals surface area contributed by atoms with Crippen molar-refractivity contribution < 1.29 is 4.79 Å². The molecule has 136 valence electrons. The first kappa shape index (κ1) is 16.4. The fourth-order valence-electron chi connectivity index (χ4n) is 3.61. The highest BCUT2D eigenvalue weighted by Crippen LogP contribution is 2.27. The predicted octanol–water partition coefficient (Wildman–Crippen LogP) is 4.01. The van der Waals surface area contributed by atoms with Gasteiger partial charge in [0.2, 0.25) is 0 Å². The Morgan fingerprint density at radius 3 is 2.79 bits per heavy atom. The van der Waals surface area contributed by atoms with Crippen LogP contribution in [0.4, 0.5) is 0 Å². The number of pyridine rings is 2. The fraction of sp³-hybridized carbons (Fsp3) is 0.0870. The second-order valence-corrected chi connectivity index (χ2v) is 6.75. The molecule has 5 nitrogen and oxygen atoms in total. The Balaban J connectivity index is 1.40. The van der Waals surface area contributed by atoms with E-state index in [0.717, 1.165) is 33.0 Å². The first-order valence-electron chi connectivity index (χ1n) is 9.27. The molecule has 0 aliphatic rings. The standard InChI is InChI=1S/C23H18N4O/c28-23(25-12-10-17-15-27-13-4-3-9-21(27)26-17)20-14-16-6-1-2-7-18(16)19-8-5-11-24-22(19)20/h1-9,11,13-15H,10,12H2,(H,25,28). The van der Waals surface area contributed by atoms with Gasteiger partial charge in [0, 0.05) is 36.9 Å². The summed E-state index contributed by atoms with van der Waals surface area (Å²) in [6.07, 6.45) is 6.36. The number of hydrogen-bond acceptors (Lipinski definition) is 3. The largest absolute Gasteiger partial charge is 0.352 e. The molecule has 3 heterocycles. The first-order valence-corrected chi connectivity index (χ1v) is 9.27. The fourth-order valence-corrected chi connectivity index (χ4v) is 3.61. The Hall–Kier alpha value is -3.73. The van der Waals surface area contributed by atoms with Crippen molar-refractivity contribution in [1.29, 1.82) is 0 Å². The molecule has 0 spiro atoms. The minimum Gasteiger partial charge on any atom is -0.352 e. The number of carbonyl (C=O) groups is 1. The van der Waals surface area contributed by atoms with Crippen LogP contribution in [0.3, 0.4) is 0 Å². The van der Waals surface area contributed by atoms with E-state index in [1.54, 1.807) is 6.20 Å². The zero-order valence-electron chi connectivity index (χ0n) is 15.2. The van der Waals surface area contributed by atoms with Crippen molar-refractivity contribution >= 4 is 33.2 Å². The van der Waals surface area contributed by atoms with Gasteiger partial charge in [-0.15, -0.1) is 0 Å².